The molecule has 2 rings (SSSR count). The van der Waals surface area contributed by atoms with E-state index in [4.69, 9.17) is 0 Å². The van der Waals surface area contributed by atoms with E-state index >= 15 is 0 Å². The molecule has 0 aliphatic heterocycles. The monoisotopic (exact) mass is 402 g/mol. The molecule has 0 aliphatic rings. The summed E-state index contributed by atoms with van der Waals surface area (Å²) < 4.78 is 0. The van der Waals surface area contributed by atoms with E-state index in [1.165, 1.54) is 42.5 Å². The molecule has 0 saturated carbocycles. The zero-order valence-electron chi connectivity index (χ0n) is 17.9. The Morgan fingerprint density at radius 3 is 1.33 bits per heavy atom. The molecule has 2 nitrogen and oxygen atoms in total. The van der Waals surface area contributed by atoms with Crippen molar-refractivity contribution >= 4 is 26.7 Å². The first-order valence-electron chi connectivity index (χ1n) is 10.1. The fraction of sp³-hybridized carbons (Fsp3) is 0.565. The minimum absolute atomic E-state index is 0.213. The molecule has 0 N–H and O–H groups in total. The van der Waals surface area contributed by atoms with Crippen LogP contribution < -0.4 is 10.9 Å². The molecule has 2 aromatic rings. The van der Waals surface area contributed by atoms with Crippen LogP contribution in [0.5, 0.6) is 0 Å². The third-order valence-electron chi connectivity index (χ3n) is 4.73. The number of pyridine rings is 2. The van der Waals surface area contributed by atoms with Gasteiger partial charge in [-0.3, -0.25) is 9.97 Å². The molecule has 0 aromatic carbocycles. The van der Waals surface area contributed by atoms with Gasteiger partial charge in [-0.2, -0.15) is 0 Å². The van der Waals surface area contributed by atoms with Crippen molar-refractivity contribution in [1.82, 2.24) is 9.97 Å². The fourth-order valence-electron chi connectivity index (χ4n) is 3.33. The van der Waals surface area contributed by atoms with Gasteiger partial charge in [0.1, 0.15) is 0 Å². The molecule has 0 amide bonds. The Morgan fingerprint density at radius 2 is 1.04 bits per heavy atom. The van der Waals surface area contributed by atoms with Crippen LogP contribution in [-0.2, 0) is 0 Å². The molecule has 2 aromatic heterocycles. The summed E-state index contributed by atoms with van der Waals surface area (Å²) in [6.45, 7) is 14.2. The van der Waals surface area contributed by atoms with Crippen LogP contribution in [-0.4, -0.2) is 32.6 Å². The molecule has 2 unspecified atom stereocenters. The van der Waals surface area contributed by atoms with Crippen molar-refractivity contribution in [2.24, 2.45) is 0 Å². The molecule has 4 heteroatoms. The number of unbranched alkanes of at least 4 members (excludes halogenated alkanes) is 2. The van der Waals surface area contributed by atoms with Gasteiger partial charge in [0.25, 0.3) is 0 Å². The van der Waals surface area contributed by atoms with E-state index in [9.17, 15) is 0 Å². The predicted molar refractivity (Wildman–Crippen MR) is 125 cm³/mol. The summed E-state index contributed by atoms with van der Waals surface area (Å²) in [6.07, 6.45) is 10.4. The van der Waals surface area contributed by atoms with Gasteiger partial charge >= 0.3 is 0 Å². The number of rotatable bonds is 8. The first-order valence-corrected chi connectivity index (χ1v) is 13.1. The van der Waals surface area contributed by atoms with E-state index in [2.05, 4.69) is 75.8 Å². The van der Waals surface area contributed by atoms with Crippen molar-refractivity contribution in [3.63, 3.8) is 0 Å². The average Bonchev–Trinajstić information content (AvgIpc) is 2.60. The second kappa shape index (κ2) is 10.1. The second-order valence-corrected chi connectivity index (χ2v) is 15.3. The van der Waals surface area contributed by atoms with Crippen molar-refractivity contribution in [3.8, 4) is 0 Å². The smallest absolute Gasteiger partial charge is 0.0636 e. The number of nitrogens with zero attached hydrogens (tertiary/aromatic N) is 2. The van der Waals surface area contributed by atoms with Crippen LogP contribution in [0.4, 0.5) is 0 Å². The minimum atomic E-state index is -0.213. The van der Waals surface area contributed by atoms with Crippen LogP contribution in [0.15, 0.2) is 48.8 Å². The van der Waals surface area contributed by atoms with Crippen LogP contribution in [0.25, 0.3) is 0 Å². The second-order valence-electron chi connectivity index (χ2n) is 9.08. The first-order chi connectivity index (χ1) is 12.7. The summed E-state index contributed by atoms with van der Waals surface area (Å²) in [5.74, 6) is 0. The highest BCUT2D eigenvalue weighted by molar-refractivity contribution is 7.67. The highest BCUT2D eigenvalue weighted by atomic mass is 31.1. The topological polar surface area (TPSA) is 25.8 Å². The molecule has 0 radical (unpaired) electrons. The van der Waals surface area contributed by atoms with Crippen LogP contribution in [0.1, 0.15) is 60.8 Å². The molecule has 2 atom stereocenters. The Balaban J connectivity index is 1.89. The summed E-state index contributed by atoms with van der Waals surface area (Å²) in [5, 5.41) is 0.630. The van der Waals surface area contributed by atoms with Crippen molar-refractivity contribution < 1.29 is 0 Å². The van der Waals surface area contributed by atoms with E-state index in [0.29, 0.717) is 10.3 Å². The number of hydrogen-bond acceptors (Lipinski definition) is 2. The zero-order valence-corrected chi connectivity index (χ0v) is 19.7. The largest absolute Gasteiger partial charge is 0.257 e. The first kappa shape index (κ1) is 22.4. The summed E-state index contributed by atoms with van der Waals surface area (Å²) in [6, 6.07) is 12.7. The van der Waals surface area contributed by atoms with Gasteiger partial charge in [-0.25, -0.2) is 0 Å². The minimum Gasteiger partial charge on any atom is -0.257 e. The Kier molecular flexibility index (Phi) is 8.39. The summed E-state index contributed by atoms with van der Waals surface area (Å²) in [7, 11) is -0.427. The van der Waals surface area contributed by atoms with Crippen molar-refractivity contribution in [3.05, 3.63) is 48.8 Å². The number of hydrogen-bond donors (Lipinski definition) is 0. The van der Waals surface area contributed by atoms with Crippen LogP contribution >= 0.6 is 15.8 Å². The maximum absolute atomic E-state index is 4.67. The lowest BCUT2D eigenvalue weighted by Crippen LogP contribution is -2.23. The molecular formula is C23H36N2P2. The quantitative estimate of drug-likeness (QED) is 0.390. The molecule has 0 fully saturated rings. The molecule has 0 aliphatic carbocycles. The Hall–Kier alpha value is -0.840. The van der Waals surface area contributed by atoms with Gasteiger partial charge in [0.05, 0.1) is 10.9 Å². The lowest BCUT2D eigenvalue weighted by Gasteiger charge is -2.32. The highest BCUT2D eigenvalue weighted by Gasteiger charge is 2.27. The van der Waals surface area contributed by atoms with E-state index in [-0.39, 0.29) is 15.8 Å². The van der Waals surface area contributed by atoms with E-state index in [0.717, 1.165) is 0 Å². The van der Waals surface area contributed by atoms with Gasteiger partial charge < -0.3 is 0 Å². The van der Waals surface area contributed by atoms with Gasteiger partial charge in [-0.05, 0) is 75.6 Å². The maximum atomic E-state index is 4.67. The molecule has 0 saturated heterocycles. The van der Waals surface area contributed by atoms with E-state index in [1.54, 1.807) is 0 Å². The third-order valence-corrected chi connectivity index (χ3v) is 11.1. The molecule has 0 spiro atoms. The van der Waals surface area contributed by atoms with Gasteiger partial charge in [-0.15, -0.1) is 0 Å². The van der Waals surface area contributed by atoms with Crippen molar-refractivity contribution in [2.45, 2.75) is 71.1 Å². The van der Waals surface area contributed by atoms with Gasteiger partial charge in [0, 0.05) is 12.4 Å². The summed E-state index contributed by atoms with van der Waals surface area (Å²) in [4.78, 5) is 9.34. The fourth-order valence-corrected chi connectivity index (χ4v) is 8.53. The third kappa shape index (κ3) is 7.24. The predicted octanol–water partition coefficient (Wildman–Crippen LogP) is 6.16. The van der Waals surface area contributed by atoms with Crippen molar-refractivity contribution in [1.29, 1.82) is 0 Å². The van der Waals surface area contributed by atoms with Gasteiger partial charge in [0.15, 0.2) is 0 Å². The Bertz CT molecular complexity index is 601. The molecule has 2 heterocycles. The van der Waals surface area contributed by atoms with Crippen LogP contribution in [0.2, 0.25) is 0 Å². The van der Waals surface area contributed by atoms with E-state index in [1.807, 2.05) is 24.5 Å². The normalized spacial score (nSPS) is 14.7. The zero-order chi connectivity index (χ0) is 19.9. The molecular weight excluding hydrogens is 366 g/mol. The maximum Gasteiger partial charge on any atom is 0.0636 e. The van der Waals surface area contributed by atoms with E-state index < -0.39 is 0 Å². The lowest BCUT2D eigenvalue weighted by molar-refractivity contribution is 0.740. The molecule has 0 bridgehead atoms. The molecule has 27 heavy (non-hydrogen) atoms. The number of aromatic nitrogens is 2. The van der Waals surface area contributed by atoms with Crippen LogP contribution in [0.3, 0.4) is 0 Å². The van der Waals surface area contributed by atoms with Gasteiger partial charge in [0.2, 0.25) is 0 Å². The Morgan fingerprint density at radius 1 is 0.630 bits per heavy atom. The SMILES string of the molecule is CC(C)(C)P(CCCCCP(c1ccccn1)C(C)(C)C)c1ccccn1. The summed E-state index contributed by atoms with van der Waals surface area (Å²) >= 11 is 0. The Labute approximate surface area is 169 Å². The lowest BCUT2D eigenvalue weighted by atomic mass is 10.2. The highest BCUT2D eigenvalue weighted by Crippen LogP contribution is 2.50. The molecule has 148 valence electrons. The van der Waals surface area contributed by atoms with Crippen molar-refractivity contribution in [2.75, 3.05) is 12.3 Å². The van der Waals surface area contributed by atoms with Crippen LogP contribution in [0, 0.1) is 0 Å². The average molecular weight is 403 g/mol. The standard InChI is InChI=1S/C23H36N2P2/c1-22(2,3)26(20-14-8-10-16-24-20)18-12-7-13-19-27(23(4,5)6)21-15-9-11-17-25-21/h8-11,14-17H,7,12-13,18-19H2,1-6H3. The summed E-state index contributed by atoms with van der Waals surface area (Å²) in [5.41, 5.74) is 2.62. The van der Waals surface area contributed by atoms with Gasteiger partial charge in [-0.1, -0.05) is 60.1 Å².